The number of hydrogen-bond donors (Lipinski definition) is 2. The van der Waals surface area contributed by atoms with Crippen LogP contribution in [0.2, 0.25) is 5.02 Å². The highest BCUT2D eigenvalue weighted by Crippen LogP contribution is 2.22. The number of benzene rings is 1. The minimum atomic E-state index is -3.52. The van der Waals surface area contributed by atoms with Crippen LogP contribution in [0.3, 0.4) is 0 Å². The molecule has 2 N–H and O–H groups in total. The normalized spacial score (nSPS) is 17.0. The molecule has 1 aliphatic rings. The Kier molecular flexibility index (Phi) is 6.01. The Bertz CT molecular complexity index is 572. The molecule has 2 rings (SSSR count). The number of rotatable bonds is 6. The van der Waals surface area contributed by atoms with Crippen LogP contribution in [0.5, 0.6) is 0 Å². The van der Waals surface area contributed by atoms with Gasteiger partial charge >= 0.3 is 0 Å². The molecule has 0 aliphatic carbocycles. The van der Waals surface area contributed by atoms with Crippen molar-refractivity contribution in [2.75, 3.05) is 39.3 Å². The Labute approximate surface area is 131 Å². The van der Waals surface area contributed by atoms with Crippen LogP contribution in [0.15, 0.2) is 23.1 Å². The molecule has 21 heavy (non-hydrogen) atoms. The number of piperazine rings is 1. The standard InChI is InChI=1S/C14H22ClN3O2S/c1-12-3-4-14(13(15)11-12)21(19,20)17-5-2-8-18-9-6-16-7-10-18/h3-4,11,16-17H,2,5-10H2,1H3. The molecule has 1 aromatic carbocycles. The molecule has 7 heteroatoms. The van der Waals surface area contributed by atoms with Crippen LogP contribution < -0.4 is 10.0 Å². The van der Waals surface area contributed by atoms with E-state index < -0.39 is 10.0 Å². The highest BCUT2D eigenvalue weighted by Gasteiger charge is 2.17. The van der Waals surface area contributed by atoms with Crippen molar-refractivity contribution >= 4 is 21.6 Å². The lowest BCUT2D eigenvalue weighted by molar-refractivity contribution is 0.239. The molecule has 0 aromatic heterocycles. The van der Waals surface area contributed by atoms with Gasteiger partial charge in [0.1, 0.15) is 4.90 Å². The summed E-state index contributed by atoms with van der Waals surface area (Å²) in [5, 5.41) is 3.56. The summed E-state index contributed by atoms with van der Waals surface area (Å²) in [5.41, 5.74) is 0.942. The van der Waals surface area contributed by atoms with Crippen LogP contribution in [0.1, 0.15) is 12.0 Å². The van der Waals surface area contributed by atoms with Gasteiger partial charge in [0.2, 0.25) is 10.0 Å². The smallest absolute Gasteiger partial charge is 0.242 e. The van der Waals surface area contributed by atoms with Crippen LogP contribution in [0.25, 0.3) is 0 Å². The van der Waals surface area contributed by atoms with Gasteiger partial charge in [-0.15, -0.1) is 0 Å². The molecule has 0 saturated carbocycles. The lowest BCUT2D eigenvalue weighted by Crippen LogP contribution is -2.44. The molecular weight excluding hydrogens is 310 g/mol. The second kappa shape index (κ2) is 7.56. The average Bonchev–Trinajstić information content (AvgIpc) is 2.44. The zero-order valence-electron chi connectivity index (χ0n) is 12.2. The summed E-state index contributed by atoms with van der Waals surface area (Å²) in [6.45, 7) is 7.27. The minimum Gasteiger partial charge on any atom is -0.314 e. The Hall–Kier alpha value is -0.660. The molecule has 5 nitrogen and oxygen atoms in total. The number of sulfonamides is 1. The molecule has 1 saturated heterocycles. The first-order chi connectivity index (χ1) is 9.99. The van der Waals surface area contributed by atoms with Crippen molar-refractivity contribution in [3.8, 4) is 0 Å². The monoisotopic (exact) mass is 331 g/mol. The fourth-order valence-corrected chi connectivity index (χ4v) is 4.02. The zero-order valence-corrected chi connectivity index (χ0v) is 13.8. The molecule has 0 atom stereocenters. The van der Waals surface area contributed by atoms with Crippen molar-refractivity contribution in [1.29, 1.82) is 0 Å². The van der Waals surface area contributed by atoms with Crippen LogP contribution >= 0.6 is 11.6 Å². The molecule has 1 aliphatic heterocycles. The second-order valence-corrected chi connectivity index (χ2v) is 7.42. The fourth-order valence-electron chi connectivity index (χ4n) is 2.35. The van der Waals surface area contributed by atoms with Gasteiger partial charge in [-0.05, 0) is 37.6 Å². The first-order valence-electron chi connectivity index (χ1n) is 7.18. The number of halogens is 1. The van der Waals surface area contributed by atoms with Crippen molar-refractivity contribution in [1.82, 2.24) is 14.9 Å². The largest absolute Gasteiger partial charge is 0.314 e. The SMILES string of the molecule is Cc1ccc(S(=O)(=O)NCCCN2CCNCC2)c(Cl)c1. The van der Waals surface area contributed by atoms with Gasteiger partial charge in [-0.1, -0.05) is 17.7 Å². The summed E-state index contributed by atoms with van der Waals surface area (Å²) in [6.07, 6.45) is 0.794. The van der Waals surface area contributed by atoms with Gasteiger partial charge in [0, 0.05) is 32.7 Å². The van der Waals surface area contributed by atoms with Crippen molar-refractivity contribution in [3.63, 3.8) is 0 Å². The molecule has 1 heterocycles. The van der Waals surface area contributed by atoms with Gasteiger partial charge in [0.15, 0.2) is 0 Å². The third-order valence-electron chi connectivity index (χ3n) is 3.53. The lowest BCUT2D eigenvalue weighted by Gasteiger charge is -2.27. The van der Waals surface area contributed by atoms with Crippen molar-refractivity contribution in [2.45, 2.75) is 18.2 Å². The summed E-state index contributed by atoms with van der Waals surface area (Å²) in [4.78, 5) is 2.49. The van der Waals surface area contributed by atoms with E-state index in [0.29, 0.717) is 6.54 Å². The van der Waals surface area contributed by atoms with Crippen LogP contribution in [-0.4, -0.2) is 52.6 Å². The maximum absolute atomic E-state index is 12.2. The third kappa shape index (κ3) is 4.93. The van der Waals surface area contributed by atoms with E-state index >= 15 is 0 Å². The number of nitrogens with zero attached hydrogens (tertiary/aromatic N) is 1. The van der Waals surface area contributed by atoms with E-state index in [1.165, 1.54) is 0 Å². The van der Waals surface area contributed by atoms with Crippen LogP contribution in [0, 0.1) is 6.92 Å². The highest BCUT2D eigenvalue weighted by atomic mass is 35.5. The van der Waals surface area contributed by atoms with E-state index in [-0.39, 0.29) is 9.92 Å². The fraction of sp³-hybridized carbons (Fsp3) is 0.571. The Morgan fingerprint density at radius 3 is 2.71 bits per heavy atom. The number of aryl methyl sites for hydroxylation is 1. The van der Waals surface area contributed by atoms with E-state index in [9.17, 15) is 8.42 Å². The highest BCUT2D eigenvalue weighted by molar-refractivity contribution is 7.89. The number of nitrogens with one attached hydrogen (secondary N) is 2. The molecule has 0 unspecified atom stereocenters. The van der Waals surface area contributed by atoms with E-state index in [1.807, 2.05) is 6.92 Å². The van der Waals surface area contributed by atoms with Crippen LogP contribution in [-0.2, 0) is 10.0 Å². The van der Waals surface area contributed by atoms with Gasteiger partial charge in [-0.3, -0.25) is 0 Å². The molecule has 1 fully saturated rings. The predicted octanol–water partition coefficient (Wildman–Crippen LogP) is 1.22. The van der Waals surface area contributed by atoms with E-state index in [4.69, 9.17) is 11.6 Å². The van der Waals surface area contributed by atoms with E-state index in [2.05, 4.69) is 14.9 Å². The summed E-state index contributed by atoms with van der Waals surface area (Å²) >= 11 is 6.01. The van der Waals surface area contributed by atoms with E-state index in [0.717, 1.165) is 44.7 Å². The first kappa shape index (κ1) is 16.7. The van der Waals surface area contributed by atoms with Crippen molar-refractivity contribution < 1.29 is 8.42 Å². The maximum Gasteiger partial charge on any atom is 0.242 e. The minimum absolute atomic E-state index is 0.150. The quantitative estimate of drug-likeness (QED) is 0.770. The second-order valence-electron chi connectivity index (χ2n) is 5.28. The molecular formula is C14H22ClN3O2S. The summed E-state index contributed by atoms with van der Waals surface area (Å²) in [7, 11) is -3.52. The Morgan fingerprint density at radius 1 is 1.33 bits per heavy atom. The summed E-state index contributed by atoms with van der Waals surface area (Å²) < 4.78 is 27.0. The summed E-state index contributed by atoms with van der Waals surface area (Å²) in [6, 6.07) is 4.97. The number of hydrogen-bond acceptors (Lipinski definition) is 4. The van der Waals surface area contributed by atoms with Crippen molar-refractivity contribution in [2.24, 2.45) is 0 Å². The molecule has 118 valence electrons. The molecule has 0 spiro atoms. The predicted molar refractivity (Wildman–Crippen MR) is 85.3 cm³/mol. The molecule has 0 amide bonds. The maximum atomic E-state index is 12.2. The Morgan fingerprint density at radius 2 is 2.05 bits per heavy atom. The van der Waals surface area contributed by atoms with Gasteiger partial charge in [0.05, 0.1) is 5.02 Å². The zero-order chi connectivity index (χ0) is 15.3. The van der Waals surface area contributed by atoms with E-state index in [1.54, 1.807) is 18.2 Å². The topological polar surface area (TPSA) is 61.4 Å². The Balaban J connectivity index is 1.83. The van der Waals surface area contributed by atoms with Gasteiger partial charge in [0.25, 0.3) is 0 Å². The third-order valence-corrected chi connectivity index (χ3v) is 5.47. The van der Waals surface area contributed by atoms with Gasteiger partial charge in [-0.2, -0.15) is 0 Å². The molecule has 0 bridgehead atoms. The van der Waals surface area contributed by atoms with Crippen molar-refractivity contribution in [3.05, 3.63) is 28.8 Å². The molecule has 0 radical (unpaired) electrons. The first-order valence-corrected chi connectivity index (χ1v) is 9.04. The lowest BCUT2D eigenvalue weighted by atomic mass is 10.2. The molecule has 1 aromatic rings. The average molecular weight is 332 g/mol. The van der Waals surface area contributed by atoms with Gasteiger partial charge in [-0.25, -0.2) is 13.1 Å². The summed E-state index contributed by atoms with van der Waals surface area (Å²) in [5.74, 6) is 0. The van der Waals surface area contributed by atoms with Gasteiger partial charge < -0.3 is 10.2 Å². The van der Waals surface area contributed by atoms with Crippen LogP contribution in [0.4, 0.5) is 0 Å².